The van der Waals surface area contributed by atoms with Crippen molar-refractivity contribution >= 4 is 23.1 Å². The zero-order valence-electron chi connectivity index (χ0n) is 23.7. The lowest BCUT2D eigenvalue weighted by atomic mass is 9.71. The molecule has 3 aromatic carbocycles. The molecule has 0 saturated heterocycles. The number of para-hydroxylation sites is 2. The number of non-ortho nitro benzene ring substituents is 1. The normalized spacial score (nSPS) is 18.1. The summed E-state index contributed by atoms with van der Waals surface area (Å²) < 4.78 is 16.3. The second-order valence-corrected chi connectivity index (χ2v) is 10.1. The number of carbonyl (C=O) groups is 2. The van der Waals surface area contributed by atoms with E-state index in [1.807, 2.05) is 18.2 Å². The Labute approximate surface area is 243 Å². The fourth-order valence-corrected chi connectivity index (χ4v) is 5.74. The summed E-state index contributed by atoms with van der Waals surface area (Å²) in [6.45, 7) is 1.80. The topological polar surface area (TPSA) is 129 Å². The van der Waals surface area contributed by atoms with Crippen LogP contribution >= 0.6 is 0 Å². The number of nitro benzene ring substituents is 1. The number of ether oxygens (including phenoxy) is 3. The van der Waals surface area contributed by atoms with Gasteiger partial charge in [-0.3, -0.25) is 19.7 Å². The van der Waals surface area contributed by atoms with Gasteiger partial charge < -0.3 is 24.8 Å². The molecule has 0 aromatic heterocycles. The van der Waals surface area contributed by atoms with Gasteiger partial charge in [-0.2, -0.15) is 0 Å². The van der Waals surface area contributed by atoms with Crippen molar-refractivity contribution in [1.82, 2.24) is 5.32 Å². The Kier molecular flexibility index (Phi) is 7.97. The molecule has 1 heterocycles. The standard InChI is InChI=1S/C32H31N3O7/c1-18-29(32(37)34-23-7-5-6-8-26(23)40-2)30(19-9-12-22(13-10-19)35(38)39)31-24(33-18)15-21(16-25(31)36)20-11-14-27(41-3)28(17-20)42-4/h5-14,17,21,30,33H,15-16H2,1-4H3,(H,34,37). The number of carbonyl (C=O) groups excluding carboxylic acids is 2. The molecule has 0 radical (unpaired) electrons. The lowest BCUT2D eigenvalue weighted by Gasteiger charge is -2.37. The molecule has 2 aliphatic rings. The minimum Gasteiger partial charge on any atom is -0.495 e. The third-order valence-corrected chi connectivity index (χ3v) is 7.74. The van der Waals surface area contributed by atoms with E-state index in [4.69, 9.17) is 14.2 Å². The van der Waals surface area contributed by atoms with Gasteiger partial charge in [-0.05, 0) is 54.7 Å². The first-order chi connectivity index (χ1) is 20.2. The van der Waals surface area contributed by atoms with Crippen LogP contribution in [0, 0.1) is 10.1 Å². The van der Waals surface area contributed by atoms with Gasteiger partial charge in [0.25, 0.3) is 11.6 Å². The second-order valence-electron chi connectivity index (χ2n) is 10.1. The van der Waals surface area contributed by atoms with Gasteiger partial charge in [-0.25, -0.2) is 0 Å². The van der Waals surface area contributed by atoms with E-state index >= 15 is 0 Å². The Morgan fingerprint density at radius 1 is 0.905 bits per heavy atom. The lowest BCUT2D eigenvalue weighted by Crippen LogP contribution is -2.37. The molecule has 0 spiro atoms. The van der Waals surface area contributed by atoms with E-state index < -0.39 is 16.7 Å². The highest BCUT2D eigenvalue weighted by Crippen LogP contribution is 2.46. The van der Waals surface area contributed by atoms with Crippen LogP contribution in [0.3, 0.4) is 0 Å². The summed E-state index contributed by atoms with van der Waals surface area (Å²) in [5.41, 5.74) is 4.09. The number of nitrogens with one attached hydrogen (secondary N) is 2. The van der Waals surface area contributed by atoms with Crippen LogP contribution < -0.4 is 24.8 Å². The van der Waals surface area contributed by atoms with E-state index in [1.165, 1.54) is 19.2 Å². The SMILES string of the molecule is COc1ccccc1NC(=O)C1=C(C)NC2=C(C(=O)CC(c3ccc(OC)c(OC)c3)C2)C1c1ccc([N+](=O)[O-])cc1. The number of allylic oxidation sites excluding steroid dienone is 3. The second kappa shape index (κ2) is 11.8. The fourth-order valence-electron chi connectivity index (χ4n) is 5.74. The van der Waals surface area contributed by atoms with Gasteiger partial charge in [0, 0.05) is 47.0 Å². The fraction of sp³-hybridized carbons (Fsp3) is 0.250. The van der Waals surface area contributed by atoms with Crippen molar-refractivity contribution in [2.75, 3.05) is 26.6 Å². The molecule has 42 heavy (non-hydrogen) atoms. The van der Waals surface area contributed by atoms with Gasteiger partial charge in [-0.15, -0.1) is 0 Å². The number of hydrogen-bond donors (Lipinski definition) is 2. The van der Waals surface area contributed by atoms with Crippen LogP contribution in [0.1, 0.15) is 42.7 Å². The largest absolute Gasteiger partial charge is 0.495 e. The summed E-state index contributed by atoms with van der Waals surface area (Å²) in [6, 6.07) is 18.7. The predicted octanol–water partition coefficient (Wildman–Crippen LogP) is 5.62. The van der Waals surface area contributed by atoms with Crippen LogP contribution in [0.4, 0.5) is 11.4 Å². The summed E-state index contributed by atoms with van der Waals surface area (Å²) in [6.07, 6.45) is 0.749. The van der Waals surface area contributed by atoms with Crippen molar-refractivity contribution in [3.63, 3.8) is 0 Å². The van der Waals surface area contributed by atoms with E-state index in [2.05, 4.69) is 10.6 Å². The van der Waals surface area contributed by atoms with Gasteiger partial charge in [-0.1, -0.05) is 30.3 Å². The molecule has 1 amide bonds. The Morgan fingerprint density at radius 2 is 1.57 bits per heavy atom. The molecule has 0 fully saturated rings. The maximum absolute atomic E-state index is 13.9. The molecule has 3 aromatic rings. The predicted molar refractivity (Wildman–Crippen MR) is 157 cm³/mol. The smallest absolute Gasteiger partial charge is 0.269 e. The number of hydrogen-bond acceptors (Lipinski definition) is 8. The van der Waals surface area contributed by atoms with Gasteiger partial charge >= 0.3 is 0 Å². The van der Waals surface area contributed by atoms with E-state index in [9.17, 15) is 19.7 Å². The van der Waals surface area contributed by atoms with Crippen molar-refractivity contribution in [3.8, 4) is 17.2 Å². The summed E-state index contributed by atoms with van der Waals surface area (Å²) in [5, 5.41) is 17.6. The zero-order valence-corrected chi connectivity index (χ0v) is 23.7. The van der Waals surface area contributed by atoms with Crippen LogP contribution in [0.25, 0.3) is 0 Å². The molecule has 0 saturated carbocycles. The maximum atomic E-state index is 13.9. The molecule has 10 heteroatoms. The average molecular weight is 570 g/mol. The van der Waals surface area contributed by atoms with Crippen molar-refractivity contribution in [1.29, 1.82) is 0 Å². The lowest BCUT2D eigenvalue weighted by molar-refractivity contribution is -0.384. The Morgan fingerprint density at radius 3 is 2.24 bits per heavy atom. The molecule has 1 aliphatic heterocycles. The van der Waals surface area contributed by atoms with Crippen LogP contribution in [0.5, 0.6) is 17.2 Å². The maximum Gasteiger partial charge on any atom is 0.269 e. The van der Waals surface area contributed by atoms with Gasteiger partial charge in [0.2, 0.25) is 0 Å². The molecule has 2 atom stereocenters. The number of methoxy groups -OCH3 is 3. The molecule has 2 N–H and O–H groups in total. The Hall–Kier alpha value is -5.12. The van der Waals surface area contributed by atoms with Crippen molar-refractivity contribution in [3.05, 3.63) is 111 Å². The van der Waals surface area contributed by atoms with E-state index in [0.717, 1.165) is 11.3 Å². The molecular formula is C32H31N3O7. The van der Waals surface area contributed by atoms with Crippen molar-refractivity contribution in [2.24, 2.45) is 0 Å². The van der Waals surface area contributed by atoms with Crippen molar-refractivity contribution < 1.29 is 28.7 Å². The molecule has 5 rings (SSSR count). The third kappa shape index (κ3) is 5.30. The van der Waals surface area contributed by atoms with Crippen LogP contribution in [0.15, 0.2) is 89.3 Å². The first-order valence-electron chi connectivity index (χ1n) is 13.4. The quantitative estimate of drug-likeness (QED) is 0.264. The zero-order chi connectivity index (χ0) is 30.0. The van der Waals surface area contributed by atoms with Gasteiger partial charge in [0.1, 0.15) is 5.75 Å². The minimum absolute atomic E-state index is 0.0777. The van der Waals surface area contributed by atoms with Crippen molar-refractivity contribution in [2.45, 2.75) is 31.6 Å². The monoisotopic (exact) mass is 569 g/mol. The van der Waals surface area contributed by atoms with Gasteiger partial charge in [0.05, 0.1) is 31.9 Å². The molecule has 10 nitrogen and oxygen atoms in total. The highest BCUT2D eigenvalue weighted by atomic mass is 16.6. The number of ketones is 1. The Bertz CT molecular complexity index is 1630. The van der Waals surface area contributed by atoms with Crippen LogP contribution in [-0.4, -0.2) is 37.9 Å². The van der Waals surface area contributed by atoms with Crippen LogP contribution in [-0.2, 0) is 9.59 Å². The number of anilines is 1. The number of benzene rings is 3. The molecular weight excluding hydrogens is 538 g/mol. The van der Waals surface area contributed by atoms with Gasteiger partial charge in [0.15, 0.2) is 17.3 Å². The number of dihydropyridines is 1. The highest BCUT2D eigenvalue weighted by Gasteiger charge is 2.41. The van der Waals surface area contributed by atoms with Crippen LogP contribution in [0.2, 0.25) is 0 Å². The number of amides is 1. The first kappa shape index (κ1) is 28.4. The number of rotatable bonds is 8. The Balaban J connectivity index is 1.56. The van der Waals surface area contributed by atoms with E-state index in [0.29, 0.717) is 51.8 Å². The molecule has 0 bridgehead atoms. The van der Waals surface area contributed by atoms with E-state index in [-0.39, 0.29) is 23.8 Å². The summed E-state index contributed by atoms with van der Waals surface area (Å²) in [7, 11) is 4.65. The summed E-state index contributed by atoms with van der Waals surface area (Å²) in [4.78, 5) is 38.7. The minimum atomic E-state index is -0.726. The molecule has 1 aliphatic carbocycles. The highest BCUT2D eigenvalue weighted by molar-refractivity contribution is 6.10. The number of nitrogens with zero attached hydrogens (tertiary/aromatic N) is 1. The number of nitro groups is 1. The first-order valence-corrected chi connectivity index (χ1v) is 13.4. The summed E-state index contributed by atoms with van der Waals surface area (Å²) in [5.74, 6) is 0.298. The third-order valence-electron chi connectivity index (χ3n) is 7.74. The number of Topliss-reactive ketones (excluding diaryl/α,β-unsaturated/α-hetero) is 1. The van der Waals surface area contributed by atoms with E-state index in [1.54, 1.807) is 57.5 Å². The average Bonchev–Trinajstić information content (AvgIpc) is 3.00. The molecule has 216 valence electrons. The summed E-state index contributed by atoms with van der Waals surface area (Å²) >= 11 is 0. The molecule has 2 unspecified atom stereocenters.